The van der Waals surface area contributed by atoms with Crippen molar-refractivity contribution >= 4 is 35.0 Å². The fraction of sp³-hybridized carbons (Fsp3) is 0.370. The highest BCUT2D eigenvalue weighted by Gasteiger charge is 2.44. The van der Waals surface area contributed by atoms with Gasteiger partial charge in [-0.1, -0.05) is 23.3 Å². The number of allylic oxidation sites excluding steroid dienone is 1. The van der Waals surface area contributed by atoms with Crippen LogP contribution >= 0.6 is 11.6 Å². The largest absolute Gasteiger partial charge is 0.493 e. The van der Waals surface area contributed by atoms with Crippen LogP contribution in [0, 0.1) is 0 Å². The Balaban J connectivity index is 1.64. The number of benzene rings is 2. The van der Waals surface area contributed by atoms with E-state index >= 15 is 0 Å². The molecule has 1 aliphatic heterocycles. The van der Waals surface area contributed by atoms with Gasteiger partial charge in [0, 0.05) is 17.1 Å². The van der Waals surface area contributed by atoms with E-state index in [2.05, 4.69) is 6.08 Å². The summed E-state index contributed by atoms with van der Waals surface area (Å²) >= 11 is 5.98. The summed E-state index contributed by atoms with van der Waals surface area (Å²) in [6.45, 7) is 0.344. The van der Waals surface area contributed by atoms with Gasteiger partial charge in [0.05, 0.1) is 26.3 Å². The number of methoxy groups -OCH3 is 2. The van der Waals surface area contributed by atoms with E-state index in [1.54, 1.807) is 42.5 Å². The molecular formula is C27H29ClN2O5. The van der Waals surface area contributed by atoms with Crippen molar-refractivity contribution in [1.29, 1.82) is 0 Å². The Morgan fingerprint density at radius 3 is 2.46 bits per heavy atom. The third-order valence-electron chi connectivity index (χ3n) is 6.53. The standard InChI is InChI=1S/C27H29ClN2O5/c1-34-23-13-8-19(16-24(23)35-2)26(32)29(15-14-18-6-4-3-5-7-18)22-17-25(31)30(27(22)33)21-11-9-20(28)10-12-21/h6,8-13,16,22H,3-5,7,14-15,17H2,1-2H3. The summed E-state index contributed by atoms with van der Waals surface area (Å²) in [6.07, 6.45) is 7.14. The normalized spacial score (nSPS) is 17.9. The molecule has 1 fully saturated rings. The summed E-state index contributed by atoms with van der Waals surface area (Å²) in [6, 6.07) is 10.6. The number of amides is 3. The number of hydrogen-bond donors (Lipinski definition) is 0. The number of hydrogen-bond acceptors (Lipinski definition) is 5. The topological polar surface area (TPSA) is 76.2 Å². The lowest BCUT2D eigenvalue weighted by molar-refractivity contribution is -0.122. The quantitative estimate of drug-likeness (QED) is 0.379. The molecule has 35 heavy (non-hydrogen) atoms. The van der Waals surface area contributed by atoms with Crippen LogP contribution in [0.3, 0.4) is 0 Å². The average molecular weight is 497 g/mol. The van der Waals surface area contributed by atoms with E-state index in [1.807, 2.05) is 0 Å². The van der Waals surface area contributed by atoms with Crippen molar-refractivity contribution in [3.8, 4) is 11.5 Å². The molecule has 1 heterocycles. The minimum absolute atomic E-state index is 0.0699. The van der Waals surface area contributed by atoms with E-state index in [9.17, 15) is 14.4 Å². The summed E-state index contributed by atoms with van der Waals surface area (Å²) in [5, 5.41) is 0.510. The molecule has 1 saturated heterocycles. The van der Waals surface area contributed by atoms with Crippen molar-refractivity contribution in [2.24, 2.45) is 0 Å². The van der Waals surface area contributed by atoms with Gasteiger partial charge < -0.3 is 14.4 Å². The highest BCUT2D eigenvalue weighted by Crippen LogP contribution is 2.31. The number of nitrogens with zero attached hydrogens (tertiary/aromatic N) is 2. The van der Waals surface area contributed by atoms with Gasteiger partial charge in [-0.05, 0) is 74.6 Å². The molecule has 3 amide bonds. The van der Waals surface area contributed by atoms with Crippen molar-refractivity contribution in [3.63, 3.8) is 0 Å². The Bertz CT molecular complexity index is 1140. The molecule has 184 valence electrons. The molecule has 8 heteroatoms. The van der Waals surface area contributed by atoms with Gasteiger partial charge in [-0.3, -0.25) is 14.4 Å². The molecule has 0 radical (unpaired) electrons. The zero-order valence-corrected chi connectivity index (χ0v) is 20.7. The third-order valence-corrected chi connectivity index (χ3v) is 6.79. The lowest BCUT2D eigenvalue weighted by atomic mass is 9.96. The van der Waals surface area contributed by atoms with Gasteiger partial charge in [0.1, 0.15) is 6.04 Å². The lowest BCUT2D eigenvalue weighted by Crippen LogP contribution is -2.46. The smallest absolute Gasteiger partial charge is 0.257 e. The van der Waals surface area contributed by atoms with E-state index in [0.717, 1.165) is 24.2 Å². The Morgan fingerprint density at radius 1 is 1.06 bits per heavy atom. The summed E-state index contributed by atoms with van der Waals surface area (Å²) in [5.41, 5.74) is 2.10. The van der Waals surface area contributed by atoms with Crippen LogP contribution in [0.2, 0.25) is 5.02 Å². The van der Waals surface area contributed by atoms with Crippen LogP contribution in [0.15, 0.2) is 54.1 Å². The number of ether oxygens (including phenoxy) is 2. The zero-order chi connectivity index (χ0) is 24.9. The second kappa shape index (κ2) is 11.0. The van der Waals surface area contributed by atoms with Crippen molar-refractivity contribution in [3.05, 3.63) is 64.7 Å². The number of rotatable bonds is 8. The van der Waals surface area contributed by atoms with Crippen molar-refractivity contribution < 1.29 is 23.9 Å². The first-order chi connectivity index (χ1) is 16.9. The van der Waals surface area contributed by atoms with Gasteiger partial charge in [-0.2, -0.15) is 0 Å². The minimum atomic E-state index is -0.886. The Kier molecular flexibility index (Phi) is 7.76. The van der Waals surface area contributed by atoms with Crippen LogP contribution in [-0.4, -0.2) is 49.4 Å². The molecule has 7 nitrogen and oxygen atoms in total. The van der Waals surface area contributed by atoms with E-state index in [0.29, 0.717) is 40.7 Å². The van der Waals surface area contributed by atoms with Crippen LogP contribution in [-0.2, 0) is 9.59 Å². The van der Waals surface area contributed by atoms with Crippen LogP contribution in [0.1, 0.15) is 48.9 Å². The van der Waals surface area contributed by atoms with Crippen molar-refractivity contribution in [2.45, 2.75) is 44.6 Å². The predicted octanol–water partition coefficient (Wildman–Crippen LogP) is 5.02. The van der Waals surface area contributed by atoms with Gasteiger partial charge in [0.15, 0.2) is 11.5 Å². The second-order valence-electron chi connectivity index (χ2n) is 8.69. The van der Waals surface area contributed by atoms with Crippen LogP contribution < -0.4 is 14.4 Å². The van der Waals surface area contributed by atoms with Gasteiger partial charge in [-0.25, -0.2) is 4.90 Å². The van der Waals surface area contributed by atoms with E-state index < -0.39 is 11.9 Å². The number of carbonyl (C=O) groups is 3. The van der Waals surface area contributed by atoms with Crippen LogP contribution in [0.25, 0.3) is 0 Å². The van der Waals surface area contributed by atoms with Crippen LogP contribution in [0.5, 0.6) is 11.5 Å². The summed E-state index contributed by atoms with van der Waals surface area (Å²) in [5.74, 6) is -0.159. The van der Waals surface area contributed by atoms with Gasteiger partial charge in [0.2, 0.25) is 5.91 Å². The fourth-order valence-corrected chi connectivity index (χ4v) is 4.78. The molecule has 4 rings (SSSR count). The first-order valence-electron chi connectivity index (χ1n) is 11.8. The fourth-order valence-electron chi connectivity index (χ4n) is 4.65. The second-order valence-corrected chi connectivity index (χ2v) is 9.13. The Labute approximate surface area is 210 Å². The highest BCUT2D eigenvalue weighted by molar-refractivity contribution is 6.31. The Morgan fingerprint density at radius 2 is 1.80 bits per heavy atom. The maximum absolute atomic E-state index is 13.7. The molecule has 0 aromatic heterocycles. The lowest BCUT2D eigenvalue weighted by Gasteiger charge is -2.29. The number of carbonyl (C=O) groups excluding carboxylic acids is 3. The molecule has 2 aromatic rings. The maximum atomic E-state index is 13.7. The Hall–Kier alpha value is -3.32. The molecule has 0 spiro atoms. The van der Waals surface area contributed by atoms with Gasteiger partial charge in [-0.15, -0.1) is 0 Å². The molecule has 0 N–H and O–H groups in total. The summed E-state index contributed by atoms with van der Waals surface area (Å²) in [7, 11) is 3.03. The van der Waals surface area contributed by atoms with E-state index in [-0.39, 0.29) is 18.2 Å². The minimum Gasteiger partial charge on any atom is -0.493 e. The first kappa shape index (κ1) is 24.8. The molecule has 1 atom stereocenters. The SMILES string of the molecule is COc1ccc(C(=O)N(CCC2=CCCCC2)C2CC(=O)N(c3ccc(Cl)cc3)C2=O)cc1OC. The van der Waals surface area contributed by atoms with Gasteiger partial charge in [0.25, 0.3) is 11.8 Å². The summed E-state index contributed by atoms with van der Waals surface area (Å²) < 4.78 is 10.7. The van der Waals surface area contributed by atoms with Crippen molar-refractivity contribution in [2.75, 3.05) is 25.7 Å². The molecule has 1 aliphatic carbocycles. The number of halogens is 1. The number of anilines is 1. The zero-order valence-electron chi connectivity index (χ0n) is 20.0. The molecule has 2 aliphatic rings. The third kappa shape index (κ3) is 5.35. The monoisotopic (exact) mass is 496 g/mol. The van der Waals surface area contributed by atoms with Gasteiger partial charge >= 0.3 is 0 Å². The molecular weight excluding hydrogens is 468 g/mol. The maximum Gasteiger partial charge on any atom is 0.257 e. The van der Waals surface area contributed by atoms with Crippen molar-refractivity contribution in [1.82, 2.24) is 4.90 Å². The average Bonchev–Trinajstić information content (AvgIpc) is 3.18. The van der Waals surface area contributed by atoms with Crippen LogP contribution in [0.4, 0.5) is 5.69 Å². The molecule has 0 saturated carbocycles. The van der Waals surface area contributed by atoms with E-state index in [4.69, 9.17) is 21.1 Å². The molecule has 1 unspecified atom stereocenters. The summed E-state index contributed by atoms with van der Waals surface area (Å²) in [4.78, 5) is 42.8. The predicted molar refractivity (Wildman–Crippen MR) is 134 cm³/mol. The number of imide groups is 1. The first-order valence-corrected chi connectivity index (χ1v) is 12.1. The molecule has 0 bridgehead atoms. The molecule has 2 aromatic carbocycles. The van der Waals surface area contributed by atoms with E-state index in [1.165, 1.54) is 31.1 Å². The highest BCUT2D eigenvalue weighted by atomic mass is 35.5.